The third-order valence-corrected chi connectivity index (χ3v) is 4.16. The van der Waals surface area contributed by atoms with E-state index in [-0.39, 0.29) is 23.2 Å². The number of nitriles is 1. The molecule has 1 aliphatic heterocycles. The summed E-state index contributed by atoms with van der Waals surface area (Å²) in [5, 5.41) is 27.0. The van der Waals surface area contributed by atoms with Gasteiger partial charge in [0.15, 0.2) is 5.76 Å². The highest BCUT2D eigenvalue weighted by Crippen LogP contribution is 2.45. The maximum atomic E-state index is 12.3. The summed E-state index contributed by atoms with van der Waals surface area (Å²) < 4.78 is 21.5. The molecule has 0 fully saturated rings. The van der Waals surface area contributed by atoms with Crippen LogP contribution in [0, 0.1) is 22.7 Å². The van der Waals surface area contributed by atoms with Crippen LogP contribution < -0.4 is 19.6 Å². The Morgan fingerprint density at radius 2 is 2.08 bits per heavy atom. The Morgan fingerprint density at radius 1 is 1.31 bits per heavy atom. The third kappa shape index (κ3) is 2.78. The maximum absolute atomic E-state index is 12.3. The van der Waals surface area contributed by atoms with Crippen molar-refractivity contribution in [1.82, 2.24) is 0 Å². The largest absolute Gasteiger partial charge is 0.497 e. The quantitative estimate of drug-likeness (QED) is 0.855. The van der Waals surface area contributed by atoms with Crippen molar-refractivity contribution in [3.63, 3.8) is 0 Å². The second-order valence-corrected chi connectivity index (χ2v) is 5.59. The van der Waals surface area contributed by atoms with Gasteiger partial charge < -0.3 is 23.7 Å². The van der Waals surface area contributed by atoms with Gasteiger partial charge in [0, 0.05) is 11.6 Å². The van der Waals surface area contributed by atoms with Crippen LogP contribution in [0.15, 0.2) is 33.5 Å². The highest BCUT2D eigenvalue weighted by Gasteiger charge is 2.42. The van der Waals surface area contributed by atoms with Gasteiger partial charge in [-0.15, -0.1) is 0 Å². The fraction of sp³-hybridized carbons (Fsp3) is 0.278. The zero-order valence-electron chi connectivity index (χ0n) is 14.1. The van der Waals surface area contributed by atoms with E-state index in [2.05, 4.69) is 0 Å². The number of nitrogens with zero attached hydrogens (tertiary/aromatic N) is 1. The second-order valence-electron chi connectivity index (χ2n) is 5.59. The zero-order valence-corrected chi connectivity index (χ0v) is 14.1. The first-order chi connectivity index (χ1) is 12.5. The van der Waals surface area contributed by atoms with Gasteiger partial charge in [0.05, 0.1) is 26.2 Å². The molecule has 3 rings (SSSR count). The molecule has 134 valence electrons. The van der Waals surface area contributed by atoms with Crippen molar-refractivity contribution < 1.29 is 23.7 Å². The number of fused-ring (bicyclic) bond motifs is 1. The van der Waals surface area contributed by atoms with E-state index in [9.17, 15) is 15.2 Å². The molecule has 2 heterocycles. The van der Waals surface area contributed by atoms with Gasteiger partial charge in [-0.25, -0.2) is 0 Å². The molecule has 8 heteroatoms. The highest BCUT2D eigenvalue weighted by atomic mass is 16.5. The van der Waals surface area contributed by atoms with Crippen LogP contribution in [0.3, 0.4) is 0 Å². The smallest absolute Gasteiger partial charge is 0.228 e. The van der Waals surface area contributed by atoms with Crippen molar-refractivity contribution in [1.29, 1.82) is 10.7 Å². The highest BCUT2D eigenvalue weighted by molar-refractivity contribution is 5.84. The molecule has 1 aliphatic rings. The van der Waals surface area contributed by atoms with Crippen molar-refractivity contribution in [2.75, 3.05) is 14.2 Å². The van der Waals surface area contributed by atoms with Gasteiger partial charge >= 0.3 is 0 Å². The first kappa shape index (κ1) is 17.5. The number of hydrogen-bond acceptors (Lipinski definition) is 8. The molecular weight excluding hydrogens is 340 g/mol. The van der Waals surface area contributed by atoms with Gasteiger partial charge in [-0.05, 0) is 18.2 Å². The van der Waals surface area contributed by atoms with E-state index in [4.69, 9.17) is 24.0 Å². The number of ether oxygens (including phenoxy) is 3. The Kier molecular flexibility index (Phi) is 4.65. The van der Waals surface area contributed by atoms with Crippen LogP contribution in [0.1, 0.15) is 23.0 Å². The number of rotatable bonds is 4. The van der Waals surface area contributed by atoms with E-state index >= 15 is 0 Å². The number of aliphatic hydroxyl groups is 1. The molecule has 0 saturated heterocycles. The number of methoxy groups -OCH3 is 2. The predicted octanol–water partition coefficient (Wildman–Crippen LogP) is 1.79. The zero-order chi connectivity index (χ0) is 18.8. The fourth-order valence-electron chi connectivity index (χ4n) is 2.95. The molecule has 2 unspecified atom stereocenters. The minimum atomic E-state index is -1.04. The standard InChI is InChI=1S/C18H16N2O6/c1-23-9-3-4-14(24-2)11(5-9)15-12(7-19)18(20)26-16-13(22)6-10(8-21)25-17(15)16/h3-6,12,15,20-21H,8H2,1-2H3. The van der Waals surface area contributed by atoms with Crippen LogP contribution in [0.4, 0.5) is 0 Å². The van der Waals surface area contributed by atoms with Gasteiger partial charge in [-0.1, -0.05) is 0 Å². The van der Waals surface area contributed by atoms with E-state index in [0.717, 1.165) is 6.07 Å². The summed E-state index contributed by atoms with van der Waals surface area (Å²) in [4.78, 5) is 12.3. The number of hydrogen-bond donors (Lipinski definition) is 2. The van der Waals surface area contributed by atoms with Crippen LogP contribution >= 0.6 is 0 Å². The van der Waals surface area contributed by atoms with Crippen LogP contribution in [0.2, 0.25) is 0 Å². The summed E-state index contributed by atoms with van der Waals surface area (Å²) in [5.74, 6) is -1.36. The molecule has 0 radical (unpaired) electrons. The Morgan fingerprint density at radius 3 is 2.69 bits per heavy atom. The molecule has 0 spiro atoms. The van der Waals surface area contributed by atoms with Crippen LogP contribution in [-0.2, 0) is 6.61 Å². The van der Waals surface area contributed by atoms with Gasteiger partial charge in [0.25, 0.3) is 0 Å². The van der Waals surface area contributed by atoms with Gasteiger partial charge in [0.2, 0.25) is 17.1 Å². The van der Waals surface area contributed by atoms with E-state index in [1.807, 2.05) is 6.07 Å². The number of aliphatic hydroxyl groups excluding tert-OH is 1. The van der Waals surface area contributed by atoms with E-state index in [1.165, 1.54) is 14.2 Å². The number of benzene rings is 1. The van der Waals surface area contributed by atoms with Crippen molar-refractivity contribution in [3.05, 3.63) is 51.6 Å². The minimum Gasteiger partial charge on any atom is -0.497 e. The normalized spacial score (nSPS) is 18.5. The fourth-order valence-corrected chi connectivity index (χ4v) is 2.95. The molecule has 2 atom stereocenters. The predicted molar refractivity (Wildman–Crippen MR) is 89.7 cm³/mol. The summed E-state index contributed by atoms with van der Waals surface area (Å²) in [6.07, 6.45) is 0. The van der Waals surface area contributed by atoms with Crippen LogP contribution in [0.25, 0.3) is 0 Å². The SMILES string of the molecule is COc1ccc(OC)c(C2c3oc(CO)cc(=O)c3OC(=N)C2C#N)c1. The summed E-state index contributed by atoms with van der Waals surface area (Å²) in [6.45, 7) is -0.487. The average molecular weight is 356 g/mol. The van der Waals surface area contributed by atoms with E-state index in [0.29, 0.717) is 17.1 Å². The lowest BCUT2D eigenvalue weighted by atomic mass is 9.82. The molecular formula is C18H16N2O6. The van der Waals surface area contributed by atoms with Crippen molar-refractivity contribution >= 4 is 5.90 Å². The van der Waals surface area contributed by atoms with Crippen molar-refractivity contribution in [2.24, 2.45) is 5.92 Å². The molecule has 0 bridgehead atoms. The average Bonchev–Trinajstić information content (AvgIpc) is 2.66. The first-order valence-electron chi connectivity index (χ1n) is 7.69. The maximum Gasteiger partial charge on any atom is 0.228 e. The molecule has 0 amide bonds. The lowest BCUT2D eigenvalue weighted by molar-refractivity contribution is 0.230. The first-order valence-corrected chi connectivity index (χ1v) is 7.69. The Balaban J connectivity index is 2.32. The van der Waals surface area contributed by atoms with Crippen molar-refractivity contribution in [2.45, 2.75) is 12.5 Å². The molecule has 0 saturated carbocycles. The van der Waals surface area contributed by atoms with Crippen LogP contribution in [-0.4, -0.2) is 25.2 Å². The summed E-state index contributed by atoms with van der Waals surface area (Å²) >= 11 is 0. The Labute approximate surface area is 148 Å². The van der Waals surface area contributed by atoms with Gasteiger partial charge in [-0.2, -0.15) is 5.26 Å². The van der Waals surface area contributed by atoms with Crippen LogP contribution in [0.5, 0.6) is 17.2 Å². The van der Waals surface area contributed by atoms with Crippen molar-refractivity contribution in [3.8, 4) is 23.3 Å². The monoisotopic (exact) mass is 356 g/mol. The van der Waals surface area contributed by atoms with Gasteiger partial charge in [0.1, 0.15) is 29.8 Å². The topological polar surface area (TPSA) is 126 Å². The van der Waals surface area contributed by atoms with E-state index < -0.39 is 23.9 Å². The summed E-state index contributed by atoms with van der Waals surface area (Å²) in [6, 6.07) is 8.12. The number of nitrogens with one attached hydrogen (secondary N) is 1. The lowest BCUT2D eigenvalue weighted by Gasteiger charge is -2.29. The summed E-state index contributed by atoms with van der Waals surface area (Å²) in [7, 11) is 2.97. The second kappa shape index (κ2) is 6.90. The lowest BCUT2D eigenvalue weighted by Crippen LogP contribution is -2.34. The molecule has 8 nitrogen and oxygen atoms in total. The molecule has 26 heavy (non-hydrogen) atoms. The molecule has 2 N–H and O–H groups in total. The summed E-state index contributed by atoms with van der Waals surface area (Å²) in [5.41, 5.74) is -0.0331. The molecule has 1 aromatic carbocycles. The van der Waals surface area contributed by atoms with Gasteiger partial charge in [-0.3, -0.25) is 10.2 Å². The molecule has 2 aromatic rings. The van der Waals surface area contributed by atoms with E-state index in [1.54, 1.807) is 18.2 Å². The molecule has 0 aliphatic carbocycles. The third-order valence-electron chi connectivity index (χ3n) is 4.16. The minimum absolute atomic E-state index is 0.0364. The Bertz CT molecular complexity index is 959. The Hall–Kier alpha value is -3.31. The molecule has 1 aromatic heterocycles.